The zero-order valence-corrected chi connectivity index (χ0v) is 9.85. The van der Waals surface area contributed by atoms with Gasteiger partial charge in [0.15, 0.2) is 5.82 Å². The van der Waals surface area contributed by atoms with Crippen LogP contribution in [0.15, 0.2) is 16.8 Å². The second-order valence-electron chi connectivity index (χ2n) is 3.41. The minimum atomic E-state index is 0.853. The van der Waals surface area contributed by atoms with Crippen LogP contribution in [0.4, 0.5) is 5.82 Å². The maximum absolute atomic E-state index is 4.25. The van der Waals surface area contributed by atoms with Crippen LogP contribution in [0.2, 0.25) is 0 Å². The molecule has 2 rings (SSSR count). The van der Waals surface area contributed by atoms with Crippen LogP contribution >= 0.6 is 11.3 Å². The summed E-state index contributed by atoms with van der Waals surface area (Å²) in [5.41, 5.74) is 4.48. The topological polar surface area (TPSA) is 37.8 Å². The van der Waals surface area contributed by atoms with Gasteiger partial charge < -0.3 is 5.32 Å². The van der Waals surface area contributed by atoms with Crippen molar-refractivity contribution < 1.29 is 0 Å². The SMILES string of the molecule is CNc1nnc(-c2ccsc2)c(C)c1C. The van der Waals surface area contributed by atoms with Crippen molar-refractivity contribution in [1.29, 1.82) is 0 Å². The fourth-order valence-corrected chi connectivity index (χ4v) is 2.16. The lowest BCUT2D eigenvalue weighted by atomic mass is 10.1. The summed E-state index contributed by atoms with van der Waals surface area (Å²) in [5.74, 6) is 0.853. The van der Waals surface area contributed by atoms with Crippen molar-refractivity contribution in [1.82, 2.24) is 10.2 Å². The predicted octanol–water partition coefficient (Wildman–Crippen LogP) is 2.86. The molecule has 1 N–H and O–H groups in total. The summed E-state index contributed by atoms with van der Waals surface area (Å²) in [6.07, 6.45) is 0. The van der Waals surface area contributed by atoms with Gasteiger partial charge in [-0.15, -0.1) is 10.2 Å². The third kappa shape index (κ3) is 1.72. The van der Waals surface area contributed by atoms with Gasteiger partial charge in [0.25, 0.3) is 0 Å². The van der Waals surface area contributed by atoms with E-state index in [1.807, 2.05) is 7.05 Å². The van der Waals surface area contributed by atoms with Crippen molar-refractivity contribution in [2.75, 3.05) is 12.4 Å². The summed E-state index contributed by atoms with van der Waals surface area (Å²) in [5, 5.41) is 15.6. The first-order valence-corrected chi connectivity index (χ1v) is 5.72. The number of anilines is 1. The van der Waals surface area contributed by atoms with Gasteiger partial charge in [-0.25, -0.2) is 0 Å². The van der Waals surface area contributed by atoms with Crippen LogP contribution in [0.25, 0.3) is 11.3 Å². The molecule has 0 saturated carbocycles. The van der Waals surface area contributed by atoms with E-state index >= 15 is 0 Å². The van der Waals surface area contributed by atoms with Crippen molar-refractivity contribution in [3.05, 3.63) is 28.0 Å². The van der Waals surface area contributed by atoms with Gasteiger partial charge in [-0.1, -0.05) is 0 Å². The van der Waals surface area contributed by atoms with E-state index in [2.05, 4.69) is 46.2 Å². The second kappa shape index (κ2) is 3.98. The number of thiophene rings is 1. The molecule has 0 atom stereocenters. The molecule has 0 aliphatic carbocycles. The first-order chi connectivity index (χ1) is 7.24. The highest BCUT2D eigenvalue weighted by atomic mass is 32.1. The summed E-state index contributed by atoms with van der Waals surface area (Å²) in [6.45, 7) is 4.14. The minimum Gasteiger partial charge on any atom is -0.371 e. The van der Waals surface area contributed by atoms with Crippen LogP contribution < -0.4 is 5.32 Å². The molecular weight excluding hydrogens is 206 g/mol. The molecule has 4 heteroatoms. The Balaban J connectivity index is 2.56. The number of nitrogens with one attached hydrogen (secondary N) is 1. The molecule has 0 saturated heterocycles. The van der Waals surface area contributed by atoms with Crippen LogP contribution in [-0.4, -0.2) is 17.2 Å². The molecule has 2 aromatic rings. The Bertz CT molecular complexity index is 463. The monoisotopic (exact) mass is 219 g/mol. The normalized spacial score (nSPS) is 10.3. The second-order valence-corrected chi connectivity index (χ2v) is 4.19. The molecule has 0 amide bonds. The Kier molecular flexibility index (Phi) is 2.68. The van der Waals surface area contributed by atoms with Gasteiger partial charge >= 0.3 is 0 Å². The Hall–Kier alpha value is -1.42. The molecule has 0 aliphatic rings. The Morgan fingerprint density at radius 1 is 1.20 bits per heavy atom. The van der Waals surface area contributed by atoms with E-state index in [9.17, 15) is 0 Å². The highest BCUT2D eigenvalue weighted by Crippen LogP contribution is 2.26. The molecule has 0 aromatic carbocycles. The minimum absolute atomic E-state index is 0.853. The lowest BCUT2D eigenvalue weighted by Gasteiger charge is -2.09. The Morgan fingerprint density at radius 2 is 2.00 bits per heavy atom. The number of rotatable bonds is 2. The molecule has 0 fully saturated rings. The zero-order chi connectivity index (χ0) is 10.8. The average molecular weight is 219 g/mol. The molecule has 0 unspecified atom stereocenters. The third-order valence-electron chi connectivity index (χ3n) is 2.55. The van der Waals surface area contributed by atoms with Crippen LogP contribution in [0.1, 0.15) is 11.1 Å². The largest absolute Gasteiger partial charge is 0.371 e. The van der Waals surface area contributed by atoms with E-state index in [0.717, 1.165) is 22.6 Å². The van der Waals surface area contributed by atoms with Crippen molar-refractivity contribution in [3.8, 4) is 11.3 Å². The van der Waals surface area contributed by atoms with Crippen LogP contribution in [0.5, 0.6) is 0 Å². The van der Waals surface area contributed by atoms with E-state index < -0.39 is 0 Å². The van der Waals surface area contributed by atoms with Crippen LogP contribution in [-0.2, 0) is 0 Å². The molecular formula is C11H13N3S. The maximum Gasteiger partial charge on any atom is 0.151 e. The molecule has 2 heterocycles. The van der Waals surface area contributed by atoms with Gasteiger partial charge in [0.05, 0.1) is 5.69 Å². The zero-order valence-electron chi connectivity index (χ0n) is 9.03. The Morgan fingerprint density at radius 3 is 2.60 bits per heavy atom. The fraction of sp³-hybridized carbons (Fsp3) is 0.273. The van der Waals surface area contributed by atoms with Gasteiger partial charge in [0, 0.05) is 18.0 Å². The fourth-order valence-electron chi connectivity index (χ4n) is 1.52. The lowest BCUT2D eigenvalue weighted by molar-refractivity contribution is 1.00. The number of hydrogen-bond donors (Lipinski definition) is 1. The predicted molar refractivity (Wildman–Crippen MR) is 64.4 cm³/mol. The molecule has 0 bridgehead atoms. The van der Waals surface area contributed by atoms with Gasteiger partial charge in [-0.05, 0) is 36.4 Å². The first kappa shape index (κ1) is 10.1. The first-order valence-electron chi connectivity index (χ1n) is 4.78. The average Bonchev–Trinajstić information content (AvgIpc) is 2.75. The van der Waals surface area contributed by atoms with Crippen LogP contribution in [0, 0.1) is 13.8 Å². The quantitative estimate of drug-likeness (QED) is 0.844. The molecule has 78 valence electrons. The van der Waals surface area contributed by atoms with E-state index in [-0.39, 0.29) is 0 Å². The van der Waals surface area contributed by atoms with E-state index in [4.69, 9.17) is 0 Å². The molecule has 0 aliphatic heterocycles. The van der Waals surface area contributed by atoms with Gasteiger partial charge in [0.2, 0.25) is 0 Å². The highest BCUT2D eigenvalue weighted by molar-refractivity contribution is 7.08. The van der Waals surface area contributed by atoms with Crippen molar-refractivity contribution in [3.63, 3.8) is 0 Å². The molecule has 2 aromatic heterocycles. The van der Waals surface area contributed by atoms with Gasteiger partial charge in [-0.3, -0.25) is 0 Å². The molecule has 0 radical (unpaired) electrons. The van der Waals surface area contributed by atoms with E-state index in [0.29, 0.717) is 0 Å². The summed E-state index contributed by atoms with van der Waals surface area (Å²) in [7, 11) is 1.86. The number of aromatic nitrogens is 2. The third-order valence-corrected chi connectivity index (χ3v) is 3.24. The standard InChI is InChI=1S/C11H13N3S/c1-7-8(2)11(12-3)14-13-10(7)9-4-5-15-6-9/h4-6H,1-3H3,(H,12,14). The number of hydrogen-bond acceptors (Lipinski definition) is 4. The smallest absolute Gasteiger partial charge is 0.151 e. The molecule has 0 spiro atoms. The van der Waals surface area contributed by atoms with Crippen molar-refractivity contribution >= 4 is 17.2 Å². The molecule has 3 nitrogen and oxygen atoms in total. The van der Waals surface area contributed by atoms with Gasteiger partial charge in [-0.2, -0.15) is 11.3 Å². The van der Waals surface area contributed by atoms with Crippen LogP contribution in [0.3, 0.4) is 0 Å². The summed E-state index contributed by atoms with van der Waals surface area (Å²) >= 11 is 1.68. The van der Waals surface area contributed by atoms with Crippen molar-refractivity contribution in [2.45, 2.75) is 13.8 Å². The highest BCUT2D eigenvalue weighted by Gasteiger charge is 2.10. The Labute approximate surface area is 93.2 Å². The van der Waals surface area contributed by atoms with E-state index in [1.165, 1.54) is 5.56 Å². The molecule has 15 heavy (non-hydrogen) atoms. The maximum atomic E-state index is 4.25. The number of nitrogens with zero attached hydrogens (tertiary/aromatic N) is 2. The lowest BCUT2D eigenvalue weighted by Crippen LogP contribution is -2.02. The van der Waals surface area contributed by atoms with Gasteiger partial charge in [0.1, 0.15) is 0 Å². The summed E-state index contributed by atoms with van der Waals surface area (Å²) in [6, 6.07) is 2.07. The summed E-state index contributed by atoms with van der Waals surface area (Å²) < 4.78 is 0. The van der Waals surface area contributed by atoms with E-state index in [1.54, 1.807) is 11.3 Å². The van der Waals surface area contributed by atoms with Crippen molar-refractivity contribution in [2.24, 2.45) is 0 Å². The summed E-state index contributed by atoms with van der Waals surface area (Å²) in [4.78, 5) is 0.